The summed E-state index contributed by atoms with van der Waals surface area (Å²) >= 11 is 2.41. The van der Waals surface area contributed by atoms with E-state index in [1.54, 1.807) is 13.8 Å². The average Bonchev–Trinajstić information content (AvgIpc) is 3.23. The molecule has 0 aromatic heterocycles. The second-order valence-corrected chi connectivity index (χ2v) is 10.9. The molecule has 0 amide bonds. The van der Waals surface area contributed by atoms with E-state index in [1.807, 2.05) is 20.8 Å². The van der Waals surface area contributed by atoms with E-state index in [0.29, 0.717) is 19.1 Å². The van der Waals surface area contributed by atoms with Crippen molar-refractivity contribution >= 4 is 28.4 Å². The van der Waals surface area contributed by atoms with E-state index in [2.05, 4.69) is 50.3 Å². The number of carbonyl (C=O) groups is 1. The molecule has 2 heterocycles. The van der Waals surface area contributed by atoms with Gasteiger partial charge in [0.15, 0.2) is 17.4 Å². The molecule has 7 heteroatoms. The number of rotatable bonds is 7. The van der Waals surface area contributed by atoms with Gasteiger partial charge in [-0.05, 0) is 59.8 Å². The Bertz CT molecular complexity index is 516. The summed E-state index contributed by atoms with van der Waals surface area (Å²) in [4.78, 5) is 10.7. The van der Waals surface area contributed by atoms with Gasteiger partial charge in [-0.15, -0.1) is 0 Å². The number of hydrogen-bond donors (Lipinski definition) is 1. The maximum atomic E-state index is 10.7. The predicted molar refractivity (Wildman–Crippen MR) is 134 cm³/mol. The van der Waals surface area contributed by atoms with Crippen LogP contribution < -0.4 is 0 Å². The molecule has 31 heavy (non-hydrogen) atoms. The van der Waals surface area contributed by atoms with Gasteiger partial charge in [0.25, 0.3) is 0 Å². The molecule has 0 aromatic rings. The van der Waals surface area contributed by atoms with Crippen molar-refractivity contribution in [1.29, 1.82) is 0 Å². The van der Waals surface area contributed by atoms with Gasteiger partial charge in [0, 0.05) is 4.43 Å². The van der Waals surface area contributed by atoms with Crippen molar-refractivity contribution < 1.29 is 28.8 Å². The highest BCUT2D eigenvalue weighted by molar-refractivity contribution is 14.1. The number of carbonyl (C=O) groups excluding carboxylic acids is 1. The summed E-state index contributed by atoms with van der Waals surface area (Å²) in [6.45, 7) is 20.4. The van der Waals surface area contributed by atoms with E-state index in [4.69, 9.17) is 18.9 Å². The molecule has 186 valence electrons. The van der Waals surface area contributed by atoms with Crippen LogP contribution in [0.5, 0.6) is 0 Å². The molecule has 0 spiro atoms. The Morgan fingerprint density at radius 1 is 1.03 bits per heavy atom. The monoisotopic (exact) mass is 558 g/mol. The SMILES string of the molecule is CC(=O)[C@H]1COC(C)(C)O1.CC[C@H](C)CI.CC[C@H](C)C[C@@](C)(O)[C@H]1COC(C)(C)O1. The van der Waals surface area contributed by atoms with E-state index in [0.717, 1.165) is 18.8 Å². The van der Waals surface area contributed by atoms with Gasteiger partial charge in [0.2, 0.25) is 0 Å². The van der Waals surface area contributed by atoms with Gasteiger partial charge in [-0.3, -0.25) is 4.79 Å². The van der Waals surface area contributed by atoms with Crippen LogP contribution in [-0.4, -0.2) is 57.9 Å². The van der Waals surface area contributed by atoms with Crippen LogP contribution in [0, 0.1) is 11.8 Å². The Morgan fingerprint density at radius 3 is 1.77 bits per heavy atom. The molecular formula is C24H47IO6. The second-order valence-electron chi connectivity index (χ2n) is 9.99. The summed E-state index contributed by atoms with van der Waals surface area (Å²) in [5.41, 5.74) is -0.788. The van der Waals surface area contributed by atoms with Crippen LogP contribution in [0.3, 0.4) is 0 Å². The molecule has 2 rings (SSSR count). The third-order valence-electron chi connectivity index (χ3n) is 5.58. The molecular weight excluding hydrogens is 511 g/mol. The minimum absolute atomic E-state index is 0.0329. The number of hydrogen-bond acceptors (Lipinski definition) is 6. The molecule has 2 aliphatic heterocycles. The van der Waals surface area contributed by atoms with E-state index in [-0.39, 0.29) is 18.0 Å². The van der Waals surface area contributed by atoms with Gasteiger partial charge in [-0.1, -0.05) is 63.1 Å². The Morgan fingerprint density at radius 2 is 1.52 bits per heavy atom. The summed E-state index contributed by atoms with van der Waals surface area (Å²) < 4.78 is 22.9. The Kier molecular flexibility index (Phi) is 13.9. The van der Waals surface area contributed by atoms with E-state index in [1.165, 1.54) is 17.8 Å². The van der Waals surface area contributed by atoms with Gasteiger partial charge in [0.05, 0.1) is 18.8 Å². The highest BCUT2D eigenvalue weighted by Crippen LogP contribution is 2.32. The third-order valence-corrected chi connectivity index (χ3v) is 7.09. The van der Waals surface area contributed by atoms with Gasteiger partial charge in [-0.25, -0.2) is 0 Å². The highest BCUT2D eigenvalue weighted by Gasteiger charge is 2.43. The Labute approximate surface area is 204 Å². The second kappa shape index (κ2) is 13.8. The van der Waals surface area contributed by atoms with Crippen molar-refractivity contribution in [3.05, 3.63) is 0 Å². The van der Waals surface area contributed by atoms with Crippen molar-refractivity contribution in [1.82, 2.24) is 0 Å². The minimum Gasteiger partial charge on any atom is -0.387 e. The zero-order valence-corrected chi connectivity index (χ0v) is 23.6. The lowest BCUT2D eigenvalue weighted by Gasteiger charge is -2.31. The number of Topliss-reactive ketones (excluding diaryl/α,β-unsaturated/α-hetero) is 1. The lowest BCUT2D eigenvalue weighted by atomic mass is 9.87. The van der Waals surface area contributed by atoms with Crippen molar-refractivity contribution in [3.8, 4) is 0 Å². The molecule has 0 bridgehead atoms. The predicted octanol–water partition coefficient (Wildman–Crippen LogP) is 5.52. The van der Waals surface area contributed by atoms with Gasteiger partial charge in [-0.2, -0.15) is 0 Å². The molecule has 0 radical (unpaired) electrons. The molecule has 0 unspecified atom stereocenters. The van der Waals surface area contributed by atoms with Crippen molar-refractivity contribution in [2.45, 2.75) is 118 Å². The largest absolute Gasteiger partial charge is 0.387 e. The Hall–Kier alpha value is 0.200. The number of alkyl halides is 1. The first-order chi connectivity index (χ1) is 14.1. The van der Waals surface area contributed by atoms with Crippen molar-refractivity contribution in [3.63, 3.8) is 0 Å². The summed E-state index contributed by atoms with van der Waals surface area (Å²) in [6.07, 6.45) is 2.60. The molecule has 0 aliphatic carbocycles. The van der Waals surface area contributed by atoms with Crippen LogP contribution in [-0.2, 0) is 23.7 Å². The van der Waals surface area contributed by atoms with Crippen LogP contribution in [0.2, 0.25) is 0 Å². The highest BCUT2D eigenvalue weighted by atomic mass is 127. The van der Waals surface area contributed by atoms with E-state index < -0.39 is 17.2 Å². The smallest absolute Gasteiger partial charge is 0.163 e. The van der Waals surface area contributed by atoms with Crippen LogP contribution in [0.25, 0.3) is 0 Å². The Balaban J connectivity index is 0.000000484. The molecule has 0 aromatic carbocycles. The normalized spacial score (nSPS) is 27.7. The fraction of sp³-hybridized carbons (Fsp3) is 0.958. The molecule has 2 aliphatic rings. The standard InChI is InChI=1S/C12H24O3.C7H12O3.C5H11I/c1-6-9(2)7-12(5,13)10-8-14-11(3,4)15-10;1-5(8)6-4-9-7(2,3)10-6;1-3-5(2)4-6/h9-10,13H,6-8H2,1-5H3;6H,4H2,1-3H3;5H,3-4H2,1-2H3/t9-,10+,12+;6-;5-/m010/s1. The average molecular weight is 559 g/mol. The summed E-state index contributed by atoms with van der Waals surface area (Å²) in [6, 6.07) is 0. The first kappa shape index (κ1) is 31.2. The number of halogens is 1. The molecule has 2 saturated heterocycles. The molecule has 5 atom stereocenters. The van der Waals surface area contributed by atoms with E-state index >= 15 is 0 Å². The lowest BCUT2D eigenvalue weighted by Crippen LogP contribution is -2.43. The third kappa shape index (κ3) is 12.9. The van der Waals surface area contributed by atoms with Gasteiger partial charge >= 0.3 is 0 Å². The van der Waals surface area contributed by atoms with Gasteiger partial charge < -0.3 is 24.1 Å². The fourth-order valence-corrected chi connectivity index (χ4v) is 3.59. The van der Waals surface area contributed by atoms with Crippen LogP contribution >= 0.6 is 22.6 Å². The zero-order chi connectivity index (χ0) is 24.5. The summed E-state index contributed by atoms with van der Waals surface area (Å²) in [7, 11) is 0. The topological polar surface area (TPSA) is 74.2 Å². The molecule has 1 N–H and O–H groups in total. The first-order valence-corrected chi connectivity index (χ1v) is 13.0. The maximum absolute atomic E-state index is 10.7. The quantitative estimate of drug-likeness (QED) is 0.328. The number of aliphatic hydroxyl groups is 1. The number of ether oxygens (including phenoxy) is 4. The maximum Gasteiger partial charge on any atom is 0.163 e. The molecule has 2 fully saturated rings. The minimum atomic E-state index is -0.788. The lowest BCUT2D eigenvalue weighted by molar-refractivity contribution is -0.169. The van der Waals surface area contributed by atoms with Crippen molar-refractivity contribution in [2.75, 3.05) is 17.6 Å². The van der Waals surface area contributed by atoms with Crippen molar-refractivity contribution in [2.24, 2.45) is 11.8 Å². The summed E-state index contributed by atoms with van der Waals surface area (Å²) in [5.74, 6) is 0.337. The van der Waals surface area contributed by atoms with Crippen LogP contribution in [0.4, 0.5) is 0 Å². The number of ketones is 1. The van der Waals surface area contributed by atoms with Gasteiger partial charge in [0.1, 0.15) is 12.2 Å². The fourth-order valence-electron chi connectivity index (χ4n) is 2.97. The molecule has 0 saturated carbocycles. The van der Waals surface area contributed by atoms with Crippen LogP contribution in [0.15, 0.2) is 0 Å². The first-order valence-electron chi connectivity index (χ1n) is 11.5. The zero-order valence-electron chi connectivity index (χ0n) is 21.4. The summed E-state index contributed by atoms with van der Waals surface area (Å²) in [5, 5.41) is 10.3. The molecule has 6 nitrogen and oxygen atoms in total. The van der Waals surface area contributed by atoms with Crippen LogP contribution in [0.1, 0.15) is 88.5 Å². The van der Waals surface area contributed by atoms with E-state index in [9.17, 15) is 9.90 Å².